The molecule has 0 bridgehead atoms. The van der Waals surface area contributed by atoms with Gasteiger partial charge in [-0.1, -0.05) is 48.0 Å². The van der Waals surface area contributed by atoms with E-state index in [9.17, 15) is 4.79 Å². The van der Waals surface area contributed by atoms with Crippen molar-refractivity contribution in [2.75, 3.05) is 11.9 Å². The molecule has 0 atom stereocenters. The number of aromatic nitrogens is 1. The Morgan fingerprint density at radius 2 is 1.72 bits per heavy atom. The van der Waals surface area contributed by atoms with Gasteiger partial charge in [0.2, 0.25) is 0 Å². The van der Waals surface area contributed by atoms with Gasteiger partial charge < -0.3 is 10.1 Å². The van der Waals surface area contributed by atoms with Crippen LogP contribution in [-0.2, 0) is 4.74 Å². The SMILES string of the molecule is CCOC(=O)c1ccc(-c2ccc(C)cc2)nc1Nc1ccccc1. The molecule has 0 aliphatic rings. The first-order chi connectivity index (χ1) is 12.2. The standard InChI is InChI=1S/C21H20N2O2/c1-3-25-21(24)18-13-14-19(16-11-9-15(2)10-12-16)23-20(18)22-17-7-5-4-6-8-17/h4-14H,3H2,1-2H3,(H,22,23). The van der Waals surface area contributed by atoms with Crippen molar-refractivity contribution in [3.8, 4) is 11.3 Å². The number of carbonyl (C=O) groups excluding carboxylic acids is 1. The fourth-order valence-corrected chi connectivity index (χ4v) is 2.47. The maximum atomic E-state index is 12.2. The molecule has 4 heteroatoms. The molecule has 4 nitrogen and oxygen atoms in total. The lowest BCUT2D eigenvalue weighted by Gasteiger charge is -2.12. The molecule has 1 aromatic heterocycles. The molecule has 25 heavy (non-hydrogen) atoms. The first-order valence-corrected chi connectivity index (χ1v) is 8.24. The smallest absolute Gasteiger partial charge is 0.341 e. The molecule has 0 unspecified atom stereocenters. The monoisotopic (exact) mass is 332 g/mol. The van der Waals surface area contributed by atoms with Gasteiger partial charge in [0.15, 0.2) is 0 Å². The van der Waals surface area contributed by atoms with E-state index in [4.69, 9.17) is 4.74 Å². The van der Waals surface area contributed by atoms with Crippen molar-refractivity contribution >= 4 is 17.5 Å². The Bertz CT molecular complexity index is 859. The van der Waals surface area contributed by atoms with Crippen LogP contribution < -0.4 is 5.32 Å². The number of nitrogens with zero attached hydrogens (tertiary/aromatic N) is 1. The average Bonchev–Trinajstić information content (AvgIpc) is 2.63. The average molecular weight is 332 g/mol. The number of aryl methyl sites for hydroxylation is 1. The zero-order valence-electron chi connectivity index (χ0n) is 14.3. The number of pyridine rings is 1. The molecule has 0 saturated heterocycles. The third-order valence-electron chi connectivity index (χ3n) is 3.77. The third-order valence-corrected chi connectivity index (χ3v) is 3.77. The quantitative estimate of drug-likeness (QED) is 0.670. The molecule has 0 radical (unpaired) electrons. The number of hydrogen-bond donors (Lipinski definition) is 1. The minimum atomic E-state index is -0.385. The summed E-state index contributed by atoms with van der Waals surface area (Å²) in [4.78, 5) is 16.9. The maximum Gasteiger partial charge on any atom is 0.341 e. The summed E-state index contributed by atoms with van der Waals surface area (Å²) in [5, 5.41) is 3.22. The summed E-state index contributed by atoms with van der Waals surface area (Å²) >= 11 is 0. The number of esters is 1. The van der Waals surface area contributed by atoms with Crippen LogP contribution in [0.1, 0.15) is 22.8 Å². The summed E-state index contributed by atoms with van der Waals surface area (Å²) in [6.07, 6.45) is 0. The van der Waals surface area contributed by atoms with Gasteiger partial charge in [-0.05, 0) is 38.1 Å². The Kier molecular flexibility index (Phi) is 5.09. The van der Waals surface area contributed by atoms with Crippen molar-refractivity contribution in [3.05, 3.63) is 77.9 Å². The fraction of sp³-hybridized carbons (Fsp3) is 0.143. The molecule has 0 amide bonds. The predicted octanol–water partition coefficient (Wildman–Crippen LogP) is 4.98. The topological polar surface area (TPSA) is 51.2 Å². The van der Waals surface area contributed by atoms with Crippen molar-refractivity contribution in [2.24, 2.45) is 0 Å². The summed E-state index contributed by atoms with van der Waals surface area (Å²) in [6.45, 7) is 4.16. The number of para-hydroxylation sites is 1. The molecule has 0 spiro atoms. The van der Waals surface area contributed by atoms with Crippen molar-refractivity contribution < 1.29 is 9.53 Å². The fourth-order valence-electron chi connectivity index (χ4n) is 2.47. The second-order valence-electron chi connectivity index (χ2n) is 5.67. The zero-order valence-corrected chi connectivity index (χ0v) is 14.3. The largest absolute Gasteiger partial charge is 0.462 e. The van der Waals surface area contributed by atoms with Gasteiger partial charge in [-0.15, -0.1) is 0 Å². The lowest BCUT2D eigenvalue weighted by atomic mass is 10.1. The molecule has 126 valence electrons. The van der Waals surface area contributed by atoms with Crippen LogP contribution in [0.2, 0.25) is 0 Å². The Morgan fingerprint density at radius 3 is 2.40 bits per heavy atom. The van der Waals surface area contributed by atoms with Gasteiger partial charge in [0.1, 0.15) is 11.4 Å². The van der Waals surface area contributed by atoms with E-state index >= 15 is 0 Å². The Hall–Kier alpha value is -3.14. The van der Waals surface area contributed by atoms with Gasteiger partial charge in [-0.2, -0.15) is 0 Å². The van der Waals surface area contributed by atoms with Crippen molar-refractivity contribution in [3.63, 3.8) is 0 Å². The molecule has 0 aliphatic heterocycles. The molecular weight excluding hydrogens is 312 g/mol. The summed E-state index contributed by atoms with van der Waals surface area (Å²) in [6, 6.07) is 21.4. The molecule has 2 aromatic carbocycles. The van der Waals surface area contributed by atoms with Crippen LogP contribution in [0, 0.1) is 6.92 Å². The number of rotatable bonds is 5. The van der Waals surface area contributed by atoms with Gasteiger partial charge in [0, 0.05) is 11.3 Å². The second kappa shape index (κ2) is 7.62. The Labute approximate surface area is 147 Å². The van der Waals surface area contributed by atoms with Crippen LogP contribution in [-0.4, -0.2) is 17.6 Å². The van der Waals surface area contributed by atoms with E-state index in [1.807, 2.05) is 67.6 Å². The van der Waals surface area contributed by atoms with E-state index in [1.54, 1.807) is 13.0 Å². The number of hydrogen-bond acceptors (Lipinski definition) is 4. The van der Waals surface area contributed by atoms with E-state index in [0.717, 1.165) is 16.9 Å². The van der Waals surface area contributed by atoms with Crippen molar-refractivity contribution in [2.45, 2.75) is 13.8 Å². The van der Waals surface area contributed by atoms with Crippen LogP contribution in [0.15, 0.2) is 66.7 Å². The van der Waals surface area contributed by atoms with E-state index in [2.05, 4.69) is 10.3 Å². The molecule has 3 aromatic rings. The summed E-state index contributed by atoms with van der Waals surface area (Å²) < 4.78 is 5.15. The molecular formula is C21H20N2O2. The maximum absolute atomic E-state index is 12.2. The molecule has 1 heterocycles. The molecule has 3 rings (SSSR count). The summed E-state index contributed by atoms with van der Waals surface area (Å²) in [7, 11) is 0. The number of anilines is 2. The number of nitrogens with one attached hydrogen (secondary N) is 1. The van der Waals surface area contributed by atoms with Crippen LogP contribution >= 0.6 is 0 Å². The van der Waals surface area contributed by atoms with E-state index in [1.165, 1.54) is 5.56 Å². The van der Waals surface area contributed by atoms with Crippen molar-refractivity contribution in [1.82, 2.24) is 4.98 Å². The lowest BCUT2D eigenvalue weighted by molar-refractivity contribution is 0.0527. The van der Waals surface area contributed by atoms with Crippen LogP contribution in [0.4, 0.5) is 11.5 Å². The Morgan fingerprint density at radius 1 is 1.00 bits per heavy atom. The van der Waals surface area contributed by atoms with Gasteiger partial charge in [-0.25, -0.2) is 9.78 Å². The number of carbonyl (C=O) groups is 1. The van der Waals surface area contributed by atoms with Crippen LogP contribution in [0.3, 0.4) is 0 Å². The van der Waals surface area contributed by atoms with Gasteiger partial charge in [0.25, 0.3) is 0 Å². The summed E-state index contributed by atoms with van der Waals surface area (Å²) in [5.41, 5.74) is 4.27. The highest BCUT2D eigenvalue weighted by Crippen LogP contribution is 2.25. The van der Waals surface area contributed by atoms with E-state index in [0.29, 0.717) is 18.0 Å². The second-order valence-corrected chi connectivity index (χ2v) is 5.67. The van der Waals surface area contributed by atoms with E-state index < -0.39 is 0 Å². The van der Waals surface area contributed by atoms with E-state index in [-0.39, 0.29) is 5.97 Å². The molecule has 0 fully saturated rings. The minimum absolute atomic E-state index is 0.323. The summed E-state index contributed by atoms with van der Waals surface area (Å²) in [5.74, 6) is 0.103. The first-order valence-electron chi connectivity index (χ1n) is 8.24. The highest BCUT2D eigenvalue weighted by molar-refractivity contribution is 5.96. The normalized spacial score (nSPS) is 10.3. The van der Waals surface area contributed by atoms with Gasteiger partial charge in [-0.3, -0.25) is 0 Å². The number of benzene rings is 2. The number of ether oxygens (including phenoxy) is 1. The third kappa shape index (κ3) is 4.04. The van der Waals surface area contributed by atoms with Gasteiger partial charge in [0.05, 0.1) is 12.3 Å². The zero-order chi connectivity index (χ0) is 17.6. The predicted molar refractivity (Wildman–Crippen MR) is 100 cm³/mol. The molecule has 0 saturated carbocycles. The Balaban J connectivity index is 2.01. The minimum Gasteiger partial charge on any atom is -0.462 e. The highest BCUT2D eigenvalue weighted by atomic mass is 16.5. The first kappa shape index (κ1) is 16.7. The van der Waals surface area contributed by atoms with Crippen LogP contribution in [0.5, 0.6) is 0 Å². The van der Waals surface area contributed by atoms with Crippen molar-refractivity contribution in [1.29, 1.82) is 0 Å². The lowest BCUT2D eigenvalue weighted by Crippen LogP contribution is -2.09. The molecule has 0 aliphatic carbocycles. The highest BCUT2D eigenvalue weighted by Gasteiger charge is 2.15. The van der Waals surface area contributed by atoms with Crippen LogP contribution in [0.25, 0.3) is 11.3 Å². The van der Waals surface area contributed by atoms with Gasteiger partial charge >= 0.3 is 5.97 Å². The molecule has 1 N–H and O–H groups in total.